The molecule has 4 heteroatoms. The van der Waals surface area contributed by atoms with Crippen LogP contribution in [0.15, 0.2) is 35.4 Å². The fourth-order valence-electron chi connectivity index (χ4n) is 4.10. The van der Waals surface area contributed by atoms with E-state index < -0.39 is 5.97 Å². The molecule has 1 aromatic rings. The average molecular weight is 330 g/mol. The van der Waals surface area contributed by atoms with Gasteiger partial charge in [-0.15, -0.1) is 0 Å². The van der Waals surface area contributed by atoms with Crippen LogP contribution in [0.3, 0.4) is 0 Å². The number of allylic oxidation sites excluding steroid dienone is 2. The van der Waals surface area contributed by atoms with E-state index in [2.05, 4.69) is 13.8 Å². The fourth-order valence-corrected chi connectivity index (χ4v) is 4.10. The molecule has 2 aliphatic rings. The van der Waals surface area contributed by atoms with Gasteiger partial charge in [-0.05, 0) is 67.6 Å². The van der Waals surface area contributed by atoms with Crippen molar-refractivity contribution in [1.29, 1.82) is 0 Å². The molecule has 4 nitrogen and oxygen atoms in total. The first-order chi connectivity index (χ1) is 11.4. The summed E-state index contributed by atoms with van der Waals surface area (Å²) in [5.41, 5.74) is 5.44. The van der Waals surface area contributed by atoms with Crippen LogP contribution in [-0.2, 0) is 4.79 Å². The topological polar surface area (TPSA) is 74.6 Å². The van der Waals surface area contributed by atoms with E-state index in [1.165, 1.54) is 37.7 Å². The molecule has 1 unspecified atom stereocenters. The van der Waals surface area contributed by atoms with Gasteiger partial charge in [0, 0.05) is 0 Å². The number of benzene rings is 1. The van der Waals surface area contributed by atoms with E-state index in [1.807, 2.05) is 12.1 Å². The van der Waals surface area contributed by atoms with E-state index in [0.717, 1.165) is 6.42 Å². The quantitative estimate of drug-likeness (QED) is 0.600. The molecule has 1 aromatic carbocycles. The van der Waals surface area contributed by atoms with E-state index >= 15 is 0 Å². The van der Waals surface area contributed by atoms with E-state index in [0.29, 0.717) is 16.9 Å². The summed E-state index contributed by atoms with van der Waals surface area (Å²) in [6.45, 7) is 4.52. The van der Waals surface area contributed by atoms with Crippen LogP contribution in [0, 0.1) is 5.41 Å². The molecule has 0 aromatic heterocycles. The van der Waals surface area contributed by atoms with Gasteiger partial charge in [-0.1, -0.05) is 37.1 Å². The first-order valence-corrected chi connectivity index (χ1v) is 8.51. The Morgan fingerprint density at radius 1 is 1.21 bits per heavy atom. The number of carbonyl (C=O) groups is 2. The minimum atomic E-state index is -0.844. The molecule has 0 fully saturated rings. The Bertz CT molecular complexity index is 626. The van der Waals surface area contributed by atoms with E-state index in [1.54, 1.807) is 23.3 Å². The monoisotopic (exact) mass is 330 g/mol. The largest absolute Gasteiger partial charge is 0.483 e. The molecule has 3 rings (SSSR count). The molecule has 0 saturated heterocycles. The normalized spacial score (nSPS) is 22.0. The summed E-state index contributed by atoms with van der Waals surface area (Å²) in [7, 11) is 0. The highest BCUT2D eigenvalue weighted by atomic mass is 16.4. The molecule has 0 radical (unpaired) electrons. The van der Waals surface area contributed by atoms with Crippen LogP contribution in [0.25, 0.3) is 0 Å². The standard InChI is InChI=1S/C19H24O2.CH2O2/c1-19(2)11-3-4-14-7-10-16(12-17(14)19)13-5-8-15(9-6-13)18(20)21;2-1-3/h5-6,8-9,16H,3-4,7,10-12H2,1-2H3,(H,20,21);1H,(H,2,3). The molecule has 0 heterocycles. The van der Waals surface area contributed by atoms with Crippen LogP contribution < -0.4 is 0 Å². The van der Waals surface area contributed by atoms with Gasteiger partial charge >= 0.3 is 5.97 Å². The predicted molar refractivity (Wildman–Crippen MR) is 93.3 cm³/mol. The first kappa shape index (κ1) is 18.2. The highest BCUT2D eigenvalue weighted by molar-refractivity contribution is 5.87. The van der Waals surface area contributed by atoms with Crippen molar-refractivity contribution in [2.45, 2.75) is 58.3 Å². The van der Waals surface area contributed by atoms with Crippen molar-refractivity contribution in [3.05, 3.63) is 46.5 Å². The summed E-state index contributed by atoms with van der Waals surface area (Å²) in [5, 5.41) is 15.9. The van der Waals surface area contributed by atoms with E-state index in [4.69, 9.17) is 15.0 Å². The van der Waals surface area contributed by atoms with Gasteiger partial charge in [0.1, 0.15) is 0 Å². The number of aromatic carboxylic acids is 1. The maximum absolute atomic E-state index is 11.0. The lowest BCUT2D eigenvalue weighted by molar-refractivity contribution is -0.122. The van der Waals surface area contributed by atoms with Gasteiger partial charge in [0.25, 0.3) is 6.47 Å². The van der Waals surface area contributed by atoms with Gasteiger partial charge in [0.15, 0.2) is 0 Å². The van der Waals surface area contributed by atoms with Crippen LogP contribution >= 0.6 is 0 Å². The summed E-state index contributed by atoms with van der Waals surface area (Å²) in [6, 6.07) is 7.51. The number of carboxylic acid groups (broad SMARTS) is 2. The van der Waals surface area contributed by atoms with Gasteiger partial charge in [-0.3, -0.25) is 4.79 Å². The lowest BCUT2D eigenvalue weighted by atomic mass is 9.65. The van der Waals surface area contributed by atoms with Crippen molar-refractivity contribution >= 4 is 12.4 Å². The summed E-state index contributed by atoms with van der Waals surface area (Å²) < 4.78 is 0. The Labute approximate surface area is 143 Å². The Hall–Kier alpha value is -2.10. The van der Waals surface area contributed by atoms with Crippen molar-refractivity contribution in [3.63, 3.8) is 0 Å². The van der Waals surface area contributed by atoms with Gasteiger partial charge in [0.2, 0.25) is 0 Å². The minimum Gasteiger partial charge on any atom is -0.483 e. The third kappa shape index (κ3) is 4.05. The summed E-state index contributed by atoms with van der Waals surface area (Å²) in [6.07, 6.45) is 7.53. The zero-order valence-electron chi connectivity index (χ0n) is 14.4. The second-order valence-corrected chi connectivity index (χ2v) is 7.29. The molecule has 0 spiro atoms. The first-order valence-electron chi connectivity index (χ1n) is 8.51. The Morgan fingerprint density at radius 2 is 1.83 bits per heavy atom. The lowest BCUT2D eigenvalue weighted by Gasteiger charge is -2.40. The van der Waals surface area contributed by atoms with Crippen LogP contribution in [0.1, 0.15) is 74.2 Å². The van der Waals surface area contributed by atoms with E-state index in [9.17, 15) is 4.79 Å². The summed E-state index contributed by atoms with van der Waals surface area (Å²) >= 11 is 0. The maximum Gasteiger partial charge on any atom is 0.335 e. The minimum absolute atomic E-state index is 0.250. The van der Waals surface area contributed by atoms with Crippen molar-refractivity contribution in [1.82, 2.24) is 0 Å². The molecule has 1 atom stereocenters. The fraction of sp³-hybridized carbons (Fsp3) is 0.500. The van der Waals surface area contributed by atoms with Crippen LogP contribution in [0.5, 0.6) is 0 Å². The SMILES string of the molecule is CC1(C)CCCC2=C1CC(c1ccc(C(=O)O)cc1)CC2.O=CO. The van der Waals surface area contributed by atoms with Gasteiger partial charge in [0.05, 0.1) is 5.56 Å². The maximum atomic E-state index is 11.0. The molecule has 130 valence electrons. The molecule has 2 N–H and O–H groups in total. The molecular weight excluding hydrogens is 304 g/mol. The highest BCUT2D eigenvalue weighted by Gasteiger charge is 2.34. The van der Waals surface area contributed by atoms with Crippen molar-refractivity contribution in [3.8, 4) is 0 Å². The van der Waals surface area contributed by atoms with Gasteiger partial charge in [-0.25, -0.2) is 4.79 Å². The number of carboxylic acids is 1. The average Bonchev–Trinajstić information content (AvgIpc) is 2.55. The Kier molecular flexibility index (Phi) is 5.81. The molecule has 24 heavy (non-hydrogen) atoms. The number of hydrogen-bond acceptors (Lipinski definition) is 2. The third-order valence-electron chi connectivity index (χ3n) is 5.40. The second-order valence-electron chi connectivity index (χ2n) is 7.29. The van der Waals surface area contributed by atoms with Crippen molar-refractivity contribution in [2.24, 2.45) is 5.41 Å². The highest BCUT2D eigenvalue weighted by Crippen LogP contribution is 2.49. The third-order valence-corrected chi connectivity index (χ3v) is 5.40. The number of hydrogen-bond donors (Lipinski definition) is 2. The second kappa shape index (κ2) is 7.65. The Balaban J connectivity index is 0.000000647. The Morgan fingerprint density at radius 3 is 2.42 bits per heavy atom. The van der Waals surface area contributed by atoms with Gasteiger partial charge < -0.3 is 10.2 Å². The molecule has 0 bridgehead atoms. The van der Waals surface area contributed by atoms with Crippen LogP contribution in [0.2, 0.25) is 0 Å². The molecule has 0 saturated carbocycles. The van der Waals surface area contributed by atoms with Crippen LogP contribution in [0.4, 0.5) is 0 Å². The number of rotatable bonds is 2. The molecule has 0 amide bonds. The summed E-state index contributed by atoms with van der Waals surface area (Å²) in [4.78, 5) is 19.3. The van der Waals surface area contributed by atoms with E-state index in [-0.39, 0.29) is 6.47 Å². The van der Waals surface area contributed by atoms with Crippen molar-refractivity contribution in [2.75, 3.05) is 0 Å². The lowest BCUT2D eigenvalue weighted by Crippen LogP contribution is -2.25. The smallest absolute Gasteiger partial charge is 0.335 e. The molecule has 2 aliphatic carbocycles. The zero-order chi connectivity index (χ0) is 17.7. The van der Waals surface area contributed by atoms with Gasteiger partial charge in [-0.2, -0.15) is 0 Å². The predicted octanol–water partition coefficient (Wildman–Crippen LogP) is 4.86. The molecule has 0 aliphatic heterocycles. The molecular formula is C20H26O4. The van der Waals surface area contributed by atoms with Crippen LogP contribution in [-0.4, -0.2) is 22.7 Å². The summed E-state index contributed by atoms with van der Waals surface area (Å²) in [5.74, 6) is -0.285. The van der Waals surface area contributed by atoms with Crippen molar-refractivity contribution < 1.29 is 19.8 Å². The zero-order valence-corrected chi connectivity index (χ0v) is 14.4.